The summed E-state index contributed by atoms with van der Waals surface area (Å²) < 4.78 is 71.2. The van der Waals surface area contributed by atoms with Crippen molar-refractivity contribution in [2.45, 2.75) is 69.9 Å². The number of benzene rings is 2. The Balaban J connectivity index is 1.19. The van der Waals surface area contributed by atoms with Gasteiger partial charge in [-0.2, -0.15) is 8.78 Å². The molecule has 0 aromatic heterocycles. The Bertz CT molecular complexity index is 1600. The largest absolute Gasteiger partial charge is 0.593 e. The molecule has 2 saturated heterocycles. The molecule has 3 aliphatic heterocycles. The number of carbonyl (C=O) groups excluding carboxylic acids is 2. The van der Waals surface area contributed by atoms with Crippen LogP contribution in [0.3, 0.4) is 0 Å². The maximum atomic E-state index is 13.2. The molecule has 1 unspecified atom stereocenters. The first kappa shape index (κ1) is 36.1. The fourth-order valence-corrected chi connectivity index (χ4v) is 7.18. The lowest BCUT2D eigenvalue weighted by Crippen LogP contribution is -2.50. The van der Waals surface area contributed by atoms with Gasteiger partial charge in [0.05, 0.1) is 22.0 Å². The van der Waals surface area contributed by atoms with Crippen LogP contribution in [0, 0.1) is 13.8 Å². The highest BCUT2D eigenvalue weighted by molar-refractivity contribution is 7.92. The lowest BCUT2D eigenvalue weighted by Gasteiger charge is -2.36. The Morgan fingerprint density at radius 2 is 1.77 bits per heavy atom. The average Bonchev–Trinajstić information content (AvgIpc) is 3.34. The molecule has 3 aliphatic rings. The van der Waals surface area contributed by atoms with E-state index in [9.17, 15) is 36.8 Å². The Morgan fingerprint density at radius 3 is 2.35 bits per heavy atom. The first-order valence-corrected chi connectivity index (χ1v) is 17.0. The second kappa shape index (κ2) is 14.0. The summed E-state index contributed by atoms with van der Waals surface area (Å²) >= 11 is 4.65. The van der Waals surface area contributed by atoms with Crippen molar-refractivity contribution in [3.05, 3.63) is 68.6 Å². The summed E-state index contributed by atoms with van der Waals surface area (Å²) in [5.74, 6) is -4.74. The molecule has 2 N–H and O–H groups in total. The molecule has 1 spiro atoms. The van der Waals surface area contributed by atoms with E-state index in [1.807, 2.05) is 26.0 Å². The van der Waals surface area contributed by atoms with E-state index in [1.54, 1.807) is 27.6 Å². The number of ether oxygens (including phenoxy) is 1. The van der Waals surface area contributed by atoms with Crippen molar-refractivity contribution in [1.29, 1.82) is 0 Å². The molecule has 2 fully saturated rings. The number of rotatable bonds is 9. The monoisotopic (exact) mass is 712 g/mol. The van der Waals surface area contributed by atoms with Crippen molar-refractivity contribution in [3.8, 4) is 5.75 Å². The normalized spacial score (nSPS) is 20.4. The average molecular weight is 713 g/mol. The van der Waals surface area contributed by atoms with Gasteiger partial charge in [0.15, 0.2) is 6.61 Å². The molecule has 260 valence electrons. The van der Waals surface area contributed by atoms with Crippen molar-refractivity contribution < 1.29 is 41.5 Å². The van der Waals surface area contributed by atoms with Crippen LogP contribution in [0.15, 0.2) is 40.7 Å². The fourth-order valence-electron chi connectivity index (χ4n) is 5.98. The summed E-state index contributed by atoms with van der Waals surface area (Å²) in [5, 5.41) is 14.4. The number of nitrogens with one attached hydrogen (secondary N) is 1. The van der Waals surface area contributed by atoms with Gasteiger partial charge in [-0.1, -0.05) is 11.6 Å². The van der Waals surface area contributed by atoms with Gasteiger partial charge in [0.2, 0.25) is 0 Å². The van der Waals surface area contributed by atoms with E-state index in [2.05, 4.69) is 10.3 Å². The highest BCUT2D eigenvalue weighted by Gasteiger charge is 2.48. The first-order valence-electron chi connectivity index (χ1n) is 15.5. The van der Waals surface area contributed by atoms with Gasteiger partial charge in [0, 0.05) is 37.3 Å². The molecule has 2 aromatic rings. The van der Waals surface area contributed by atoms with E-state index in [0.29, 0.717) is 63.0 Å². The number of amides is 2. The van der Waals surface area contributed by atoms with Gasteiger partial charge in [-0.15, -0.1) is 4.31 Å². The van der Waals surface area contributed by atoms with Crippen LogP contribution in [0.1, 0.15) is 65.2 Å². The van der Waals surface area contributed by atoms with Gasteiger partial charge in [-0.05, 0) is 99.6 Å². The quantitative estimate of drug-likeness (QED) is 0.271. The molecular weight excluding hydrogens is 676 g/mol. The van der Waals surface area contributed by atoms with Crippen LogP contribution in [-0.2, 0) is 16.2 Å². The second-order valence-corrected chi connectivity index (χ2v) is 14.5. The number of amidine groups is 1. The van der Waals surface area contributed by atoms with Crippen LogP contribution in [0.25, 0.3) is 6.08 Å². The van der Waals surface area contributed by atoms with Crippen molar-refractivity contribution in [3.63, 3.8) is 0 Å². The van der Waals surface area contributed by atoms with Gasteiger partial charge in [-0.3, -0.25) is 14.6 Å². The van der Waals surface area contributed by atoms with E-state index < -0.39 is 41.5 Å². The van der Waals surface area contributed by atoms with Crippen molar-refractivity contribution in [2.75, 3.05) is 32.8 Å². The molecule has 3 heterocycles. The van der Waals surface area contributed by atoms with Crippen LogP contribution in [-0.4, -0.2) is 92.8 Å². The molecule has 9 nitrogen and oxygen atoms in total. The zero-order valence-corrected chi connectivity index (χ0v) is 28.3. The van der Waals surface area contributed by atoms with Crippen LogP contribution < -0.4 is 10.1 Å². The van der Waals surface area contributed by atoms with Gasteiger partial charge in [-0.25, -0.2) is 8.78 Å². The molecule has 5 rings (SSSR count). The zero-order chi connectivity index (χ0) is 35.0. The smallest absolute Gasteiger partial charge is 0.340 e. The van der Waals surface area contributed by atoms with Crippen LogP contribution >= 0.6 is 11.6 Å². The molecule has 0 aliphatic carbocycles. The van der Waals surface area contributed by atoms with Crippen molar-refractivity contribution in [2.24, 2.45) is 4.99 Å². The molecule has 0 saturated carbocycles. The fraction of sp³-hybridized carbons (Fsp3) is 0.485. The Morgan fingerprint density at radius 1 is 1.15 bits per heavy atom. The molecular formula is C33H37ClF4N4O5S. The molecule has 15 heteroatoms. The molecule has 0 bridgehead atoms. The summed E-state index contributed by atoms with van der Waals surface area (Å²) in [4.78, 5) is 32.5. The summed E-state index contributed by atoms with van der Waals surface area (Å²) in [6, 6.07) is 7.66. The van der Waals surface area contributed by atoms with Crippen LogP contribution in [0.5, 0.6) is 5.75 Å². The number of carbonyl (C=O) groups is 2. The number of nitrogens with zero attached hydrogens (tertiary/aromatic N) is 3. The number of hydrogen-bond donors (Lipinski definition) is 2. The number of alkyl halides is 4. The Labute approximate surface area is 284 Å². The topological polar surface area (TPSA) is 118 Å². The molecule has 2 amide bonds. The summed E-state index contributed by atoms with van der Waals surface area (Å²) in [6.07, 6.45) is -0.465. The number of piperidine rings is 2. The number of likely N-dealkylation sites (tertiary alicyclic amines) is 1. The molecule has 2 aromatic carbocycles. The summed E-state index contributed by atoms with van der Waals surface area (Å²) in [7, 11) is 0. The van der Waals surface area contributed by atoms with Gasteiger partial charge in [0.1, 0.15) is 22.5 Å². The third-order valence-corrected chi connectivity index (χ3v) is 10.6. The predicted molar refractivity (Wildman–Crippen MR) is 175 cm³/mol. The van der Waals surface area contributed by atoms with E-state index in [1.165, 1.54) is 18.2 Å². The Kier molecular flexibility index (Phi) is 10.5. The highest BCUT2D eigenvalue weighted by Crippen LogP contribution is 2.35. The lowest BCUT2D eigenvalue weighted by atomic mass is 9.89. The van der Waals surface area contributed by atoms with Gasteiger partial charge < -0.3 is 24.6 Å². The number of hydrogen-bond acceptors (Lipinski definition) is 7. The number of aryl methyl sites for hydroxylation is 2. The van der Waals surface area contributed by atoms with Crippen LogP contribution in [0.4, 0.5) is 17.6 Å². The molecule has 1 atom stereocenters. The lowest BCUT2D eigenvalue weighted by molar-refractivity contribution is -0.148. The minimum atomic E-state index is -4.34. The number of aliphatic hydroxyl groups is 1. The van der Waals surface area contributed by atoms with Crippen molar-refractivity contribution in [1.82, 2.24) is 14.5 Å². The van der Waals surface area contributed by atoms with Gasteiger partial charge in [0.25, 0.3) is 11.8 Å². The maximum absolute atomic E-state index is 13.2. The highest BCUT2D eigenvalue weighted by atomic mass is 35.5. The maximum Gasteiger partial charge on any atom is 0.340 e. The van der Waals surface area contributed by atoms with Gasteiger partial charge >= 0.3 is 12.3 Å². The molecule has 0 radical (unpaired) electrons. The second-order valence-electron chi connectivity index (χ2n) is 12.8. The van der Waals surface area contributed by atoms with E-state index in [4.69, 9.17) is 16.3 Å². The van der Waals surface area contributed by atoms with E-state index in [0.717, 1.165) is 16.7 Å². The van der Waals surface area contributed by atoms with E-state index >= 15 is 0 Å². The summed E-state index contributed by atoms with van der Waals surface area (Å²) in [5.41, 5.74) is 1.71. The third-order valence-electron chi connectivity index (χ3n) is 9.05. The standard InChI is InChI=1S/C33H37ClF4N4O5S/c1-20-16-23(28(43)41-11-7-31(3,45)8-12-41)17-21(2)24(20)6-15-48(46)42-13-9-32(10-14-42)30(44)39-27(40-32)22-4-5-26(25(34)18-22)47-19-33(37,38)29(35)36/h4-6,15-18,29,45H,7-14,19H2,1-3H3,(H,39,40,44)/b15-6+. The summed E-state index contributed by atoms with van der Waals surface area (Å²) in [6.45, 7) is 5.65. The first-order chi connectivity index (χ1) is 22.5. The zero-order valence-electron chi connectivity index (χ0n) is 26.7. The third kappa shape index (κ3) is 7.83. The number of halogens is 5. The number of aliphatic imine (C=N–C) groups is 1. The molecule has 48 heavy (non-hydrogen) atoms. The van der Waals surface area contributed by atoms with Crippen LogP contribution in [0.2, 0.25) is 5.02 Å². The predicted octanol–water partition coefficient (Wildman–Crippen LogP) is 5.27. The minimum Gasteiger partial charge on any atom is -0.593 e. The minimum absolute atomic E-state index is 0.0797. The SMILES string of the molecule is Cc1cc(C(=O)N2CCC(C)(O)CC2)cc(C)c1/C=C/[S+]([O-])N1CCC2(CC1)N=C(c1ccc(OCC(F)(F)C(F)F)c(Cl)c1)NC2=O. The van der Waals surface area contributed by atoms with Crippen molar-refractivity contribution >= 4 is 46.7 Å². The Hall–Kier alpha value is -3.17. The van der Waals surface area contributed by atoms with E-state index in [-0.39, 0.29) is 28.4 Å².